The van der Waals surface area contributed by atoms with Crippen LogP contribution in [0, 0.1) is 22.7 Å². The first-order valence-corrected chi connectivity index (χ1v) is 6.94. The summed E-state index contributed by atoms with van der Waals surface area (Å²) in [6.45, 7) is 1.74. The van der Waals surface area contributed by atoms with Gasteiger partial charge in [-0.3, -0.25) is 4.79 Å². The number of alkyl halides is 3. The second kappa shape index (κ2) is 6.57. The van der Waals surface area contributed by atoms with Crippen molar-refractivity contribution < 1.29 is 17.9 Å². The minimum Gasteiger partial charge on any atom is -0.493 e. The fourth-order valence-corrected chi connectivity index (χ4v) is 2.30. The molecule has 0 unspecified atom stereocenters. The number of nitrogen functional groups attached to an aromatic ring is 1. The van der Waals surface area contributed by atoms with Crippen LogP contribution < -0.4 is 16.0 Å². The molecule has 6 nitrogen and oxygen atoms in total. The molecule has 0 radical (unpaired) electrons. The standard InChI is InChI=1S/C16H11F3N4O2/c1-2-25-12-4-3-8(16(17,18)19)5-9(12)13-10(6-20)14(22)23-15(24)11(13)7-21/h3-5H,2H2,1H3,(H3,22,23,24). The number of nitrogens with two attached hydrogens (primary N) is 1. The van der Waals surface area contributed by atoms with Gasteiger partial charge in [0.25, 0.3) is 5.56 Å². The molecule has 25 heavy (non-hydrogen) atoms. The summed E-state index contributed by atoms with van der Waals surface area (Å²) in [6, 6.07) is 5.92. The lowest BCUT2D eigenvalue weighted by Crippen LogP contribution is -2.17. The van der Waals surface area contributed by atoms with Gasteiger partial charge in [0.1, 0.15) is 34.8 Å². The lowest BCUT2D eigenvalue weighted by atomic mass is 9.94. The highest BCUT2D eigenvalue weighted by Crippen LogP contribution is 2.39. The number of aromatic nitrogens is 1. The number of nitriles is 2. The van der Waals surface area contributed by atoms with Gasteiger partial charge >= 0.3 is 6.18 Å². The normalized spacial score (nSPS) is 10.8. The minimum atomic E-state index is -4.66. The Balaban J connectivity index is 2.97. The van der Waals surface area contributed by atoms with E-state index in [1.54, 1.807) is 19.1 Å². The number of ether oxygens (including phenoxy) is 1. The number of benzene rings is 1. The van der Waals surface area contributed by atoms with E-state index < -0.39 is 22.9 Å². The summed E-state index contributed by atoms with van der Waals surface area (Å²) in [6.07, 6.45) is -4.66. The van der Waals surface area contributed by atoms with Gasteiger partial charge in [0.15, 0.2) is 0 Å². The lowest BCUT2D eigenvalue weighted by Gasteiger charge is -2.16. The van der Waals surface area contributed by atoms with Crippen molar-refractivity contribution >= 4 is 5.82 Å². The summed E-state index contributed by atoms with van der Waals surface area (Å²) in [7, 11) is 0. The van der Waals surface area contributed by atoms with Crippen molar-refractivity contribution in [1.29, 1.82) is 10.5 Å². The van der Waals surface area contributed by atoms with E-state index in [9.17, 15) is 28.5 Å². The first kappa shape index (κ1) is 17.9. The Morgan fingerprint density at radius 2 is 1.88 bits per heavy atom. The predicted octanol–water partition coefficient (Wildman–Crippen LogP) is 2.78. The Morgan fingerprint density at radius 1 is 1.24 bits per heavy atom. The van der Waals surface area contributed by atoms with Gasteiger partial charge in [-0.1, -0.05) is 0 Å². The van der Waals surface area contributed by atoms with Crippen LogP contribution in [0.3, 0.4) is 0 Å². The molecular formula is C16H11F3N4O2. The molecule has 0 bridgehead atoms. The van der Waals surface area contributed by atoms with Gasteiger partial charge in [-0.15, -0.1) is 0 Å². The Hall–Kier alpha value is -3.46. The largest absolute Gasteiger partial charge is 0.493 e. The summed E-state index contributed by atoms with van der Waals surface area (Å²) in [5, 5.41) is 18.5. The zero-order valence-corrected chi connectivity index (χ0v) is 12.9. The van der Waals surface area contributed by atoms with Crippen molar-refractivity contribution in [2.24, 2.45) is 0 Å². The second-order valence-corrected chi connectivity index (χ2v) is 4.86. The summed E-state index contributed by atoms with van der Waals surface area (Å²) >= 11 is 0. The summed E-state index contributed by atoms with van der Waals surface area (Å²) in [5.41, 5.74) is 2.34. The number of aromatic amines is 1. The number of rotatable bonds is 3. The van der Waals surface area contributed by atoms with Crippen LogP contribution in [0.15, 0.2) is 23.0 Å². The van der Waals surface area contributed by atoms with Gasteiger partial charge in [-0.2, -0.15) is 23.7 Å². The summed E-state index contributed by atoms with van der Waals surface area (Å²) in [4.78, 5) is 14.1. The third-order valence-electron chi connectivity index (χ3n) is 3.34. The number of hydrogen-bond donors (Lipinski definition) is 2. The van der Waals surface area contributed by atoms with E-state index in [4.69, 9.17) is 10.5 Å². The maximum Gasteiger partial charge on any atom is 0.416 e. The van der Waals surface area contributed by atoms with Crippen LogP contribution in [-0.4, -0.2) is 11.6 Å². The molecule has 1 aromatic carbocycles. The van der Waals surface area contributed by atoms with Crippen LogP contribution in [0.4, 0.5) is 19.0 Å². The molecule has 0 atom stereocenters. The molecule has 128 valence electrons. The van der Waals surface area contributed by atoms with Crippen molar-refractivity contribution in [3.63, 3.8) is 0 Å². The number of nitrogens with one attached hydrogen (secondary N) is 1. The number of nitrogens with zero attached hydrogens (tertiary/aromatic N) is 2. The molecule has 0 saturated carbocycles. The van der Waals surface area contributed by atoms with Gasteiger partial charge in [-0.05, 0) is 25.1 Å². The number of halogens is 3. The summed E-state index contributed by atoms with van der Waals surface area (Å²) < 4.78 is 44.5. The van der Waals surface area contributed by atoms with Crippen molar-refractivity contribution in [3.8, 4) is 29.0 Å². The van der Waals surface area contributed by atoms with Crippen LogP contribution in [0.25, 0.3) is 11.1 Å². The monoisotopic (exact) mass is 348 g/mol. The maximum absolute atomic E-state index is 13.1. The fraction of sp³-hybridized carbons (Fsp3) is 0.188. The average Bonchev–Trinajstić information content (AvgIpc) is 2.54. The molecule has 2 aromatic rings. The number of pyridine rings is 1. The number of anilines is 1. The highest BCUT2D eigenvalue weighted by Gasteiger charge is 2.32. The van der Waals surface area contributed by atoms with Gasteiger partial charge < -0.3 is 15.5 Å². The smallest absolute Gasteiger partial charge is 0.416 e. The quantitative estimate of drug-likeness (QED) is 0.885. The average molecular weight is 348 g/mol. The molecule has 2 rings (SSSR count). The van der Waals surface area contributed by atoms with Gasteiger partial charge in [0, 0.05) is 11.1 Å². The van der Waals surface area contributed by atoms with E-state index in [2.05, 4.69) is 4.98 Å². The molecule has 0 fully saturated rings. The number of hydrogen-bond acceptors (Lipinski definition) is 5. The zero-order chi connectivity index (χ0) is 18.8. The highest BCUT2D eigenvalue weighted by atomic mass is 19.4. The van der Waals surface area contributed by atoms with Gasteiger partial charge in [-0.25, -0.2) is 0 Å². The van der Waals surface area contributed by atoms with E-state index in [1.165, 1.54) is 0 Å². The van der Waals surface area contributed by atoms with Crippen LogP contribution in [0.5, 0.6) is 5.75 Å². The van der Waals surface area contributed by atoms with Crippen LogP contribution in [0.1, 0.15) is 23.6 Å². The Kier molecular flexibility index (Phi) is 4.70. The minimum absolute atomic E-state index is 0.00602. The van der Waals surface area contributed by atoms with E-state index in [0.717, 1.165) is 18.2 Å². The molecule has 0 amide bonds. The molecule has 0 aliphatic rings. The highest BCUT2D eigenvalue weighted by molar-refractivity contribution is 5.83. The molecular weight excluding hydrogens is 337 g/mol. The molecule has 0 saturated heterocycles. The second-order valence-electron chi connectivity index (χ2n) is 4.86. The van der Waals surface area contributed by atoms with Crippen LogP contribution >= 0.6 is 0 Å². The SMILES string of the molecule is CCOc1ccc(C(F)(F)F)cc1-c1c(C#N)c(N)[nH]c(=O)c1C#N. The summed E-state index contributed by atoms with van der Waals surface area (Å²) in [5.74, 6) is -0.352. The molecule has 0 aliphatic carbocycles. The molecule has 0 aliphatic heterocycles. The van der Waals surface area contributed by atoms with E-state index in [0.29, 0.717) is 0 Å². The topological polar surface area (TPSA) is 116 Å². The van der Waals surface area contributed by atoms with Gasteiger partial charge in [0.05, 0.1) is 12.2 Å². The lowest BCUT2D eigenvalue weighted by molar-refractivity contribution is -0.137. The fourth-order valence-electron chi connectivity index (χ4n) is 2.30. The molecule has 1 aromatic heterocycles. The predicted molar refractivity (Wildman–Crippen MR) is 82.5 cm³/mol. The first-order chi connectivity index (χ1) is 11.7. The Labute approximate surface area is 139 Å². The first-order valence-electron chi connectivity index (χ1n) is 6.94. The Bertz CT molecular complexity index is 966. The third kappa shape index (κ3) is 3.26. The molecule has 3 N–H and O–H groups in total. The molecule has 1 heterocycles. The van der Waals surface area contributed by atoms with Crippen molar-refractivity contribution in [1.82, 2.24) is 4.98 Å². The Morgan fingerprint density at radius 3 is 2.40 bits per heavy atom. The van der Waals surface area contributed by atoms with Crippen LogP contribution in [-0.2, 0) is 6.18 Å². The van der Waals surface area contributed by atoms with Crippen molar-refractivity contribution in [2.75, 3.05) is 12.3 Å². The van der Waals surface area contributed by atoms with E-state index in [-0.39, 0.29) is 34.9 Å². The van der Waals surface area contributed by atoms with Crippen molar-refractivity contribution in [2.45, 2.75) is 13.1 Å². The van der Waals surface area contributed by atoms with Crippen LogP contribution in [0.2, 0.25) is 0 Å². The third-order valence-corrected chi connectivity index (χ3v) is 3.34. The maximum atomic E-state index is 13.1. The van der Waals surface area contributed by atoms with E-state index in [1.807, 2.05) is 0 Å². The zero-order valence-electron chi connectivity index (χ0n) is 12.9. The number of H-pyrrole nitrogens is 1. The van der Waals surface area contributed by atoms with Gasteiger partial charge in [0.2, 0.25) is 0 Å². The molecule has 0 spiro atoms. The van der Waals surface area contributed by atoms with E-state index >= 15 is 0 Å². The molecule has 9 heteroatoms. The van der Waals surface area contributed by atoms with Crippen molar-refractivity contribution in [3.05, 3.63) is 45.2 Å².